The maximum Gasteiger partial charge on any atom is 0.160 e. The molecular weight excluding hydrogens is 576 g/mol. The van der Waals surface area contributed by atoms with Crippen LogP contribution in [0.25, 0.3) is 0 Å². The van der Waals surface area contributed by atoms with E-state index in [-0.39, 0.29) is 6.10 Å². The molecule has 2 aromatic heterocycles. The Labute approximate surface area is 271 Å². The number of hydrogen-bond acceptors (Lipinski definition) is 6. The van der Waals surface area contributed by atoms with Crippen LogP contribution in [0.15, 0.2) is 167 Å². The van der Waals surface area contributed by atoms with E-state index in [4.69, 9.17) is 23.4 Å². The van der Waals surface area contributed by atoms with Crippen molar-refractivity contribution in [3.05, 3.63) is 181 Å². The van der Waals surface area contributed by atoms with E-state index < -0.39 is 6.10 Å². The number of aliphatic hydroxyl groups excluding tert-OH is 1. The lowest BCUT2D eigenvalue weighted by molar-refractivity contribution is 0.150. The second kappa shape index (κ2) is 20.1. The smallest absolute Gasteiger partial charge is 0.160 e. The molecule has 2 atom stereocenters. The van der Waals surface area contributed by atoms with Crippen molar-refractivity contribution >= 4 is 0 Å². The summed E-state index contributed by atoms with van der Waals surface area (Å²) in [4.78, 5) is 0. The fourth-order valence-electron chi connectivity index (χ4n) is 4.52. The summed E-state index contributed by atoms with van der Waals surface area (Å²) in [5.74, 6) is 2.64. The van der Waals surface area contributed by atoms with Crippen molar-refractivity contribution in [1.29, 1.82) is 0 Å². The van der Waals surface area contributed by atoms with Gasteiger partial charge in [0.1, 0.15) is 29.1 Å². The van der Waals surface area contributed by atoms with Crippen LogP contribution in [-0.4, -0.2) is 23.4 Å². The zero-order chi connectivity index (χ0) is 32.1. The van der Waals surface area contributed by atoms with Gasteiger partial charge in [-0.1, -0.05) is 97.1 Å². The van der Waals surface area contributed by atoms with Crippen LogP contribution in [0.1, 0.15) is 47.7 Å². The van der Waals surface area contributed by atoms with Crippen LogP contribution < -0.4 is 4.74 Å². The largest absolute Gasteiger partial charge is 0.508 e. The Morgan fingerprint density at radius 2 is 1.02 bits per heavy atom. The summed E-state index contributed by atoms with van der Waals surface area (Å²) >= 11 is 0. The molecule has 1 aliphatic rings. The number of furan rings is 2. The van der Waals surface area contributed by atoms with Crippen molar-refractivity contribution in [2.75, 3.05) is 13.2 Å². The maximum atomic E-state index is 9.77. The first-order valence-corrected chi connectivity index (χ1v) is 15.5. The molecule has 0 radical (unpaired) electrons. The van der Waals surface area contributed by atoms with E-state index in [0.717, 1.165) is 36.7 Å². The summed E-state index contributed by atoms with van der Waals surface area (Å²) in [7, 11) is 0. The highest BCUT2D eigenvalue weighted by atomic mass is 16.5. The predicted octanol–water partition coefficient (Wildman–Crippen LogP) is 9.39. The van der Waals surface area contributed by atoms with Crippen LogP contribution in [0.3, 0.4) is 0 Å². The average molecular weight is 619 g/mol. The number of ether oxygens (including phenoxy) is 2. The van der Waals surface area contributed by atoms with Crippen molar-refractivity contribution in [1.82, 2.24) is 0 Å². The van der Waals surface area contributed by atoms with Gasteiger partial charge in [-0.25, -0.2) is 0 Å². The van der Waals surface area contributed by atoms with E-state index in [2.05, 4.69) is 12.1 Å². The zero-order valence-electron chi connectivity index (χ0n) is 25.9. The molecule has 0 saturated carbocycles. The van der Waals surface area contributed by atoms with Gasteiger partial charge in [0.15, 0.2) is 6.10 Å². The highest BCUT2D eigenvalue weighted by molar-refractivity contribution is 5.24. The van der Waals surface area contributed by atoms with Gasteiger partial charge in [-0.3, -0.25) is 0 Å². The number of phenolic OH excluding ortho intramolecular Hbond substituents is 1. The number of para-hydroxylation sites is 2. The van der Waals surface area contributed by atoms with Gasteiger partial charge in [0.05, 0.1) is 12.5 Å². The Morgan fingerprint density at radius 3 is 1.46 bits per heavy atom. The van der Waals surface area contributed by atoms with Crippen LogP contribution >= 0.6 is 0 Å². The topological polar surface area (TPSA) is 85.2 Å². The van der Waals surface area contributed by atoms with Gasteiger partial charge in [0, 0.05) is 26.1 Å². The number of phenols is 1. The Hall–Kier alpha value is -5.04. The molecule has 1 fully saturated rings. The van der Waals surface area contributed by atoms with E-state index in [1.165, 1.54) is 18.4 Å². The third kappa shape index (κ3) is 12.9. The summed E-state index contributed by atoms with van der Waals surface area (Å²) < 4.78 is 21.6. The van der Waals surface area contributed by atoms with Gasteiger partial charge >= 0.3 is 0 Å². The van der Waals surface area contributed by atoms with Crippen LogP contribution in [-0.2, 0) is 17.6 Å². The van der Waals surface area contributed by atoms with Crippen molar-refractivity contribution in [2.45, 2.75) is 37.9 Å². The molecule has 46 heavy (non-hydrogen) atoms. The average Bonchev–Trinajstić information content (AvgIpc) is 3.93. The molecule has 0 spiro atoms. The van der Waals surface area contributed by atoms with Crippen LogP contribution in [0.2, 0.25) is 0 Å². The summed E-state index contributed by atoms with van der Waals surface area (Å²) in [5, 5.41) is 18.4. The van der Waals surface area contributed by atoms with Crippen molar-refractivity contribution in [3.63, 3.8) is 0 Å². The molecule has 6 heteroatoms. The molecule has 0 amide bonds. The highest BCUT2D eigenvalue weighted by Gasteiger charge is 2.17. The predicted molar refractivity (Wildman–Crippen MR) is 181 cm³/mol. The normalized spacial score (nSPS) is 13.0. The van der Waals surface area contributed by atoms with Gasteiger partial charge in [-0.15, -0.1) is 0 Å². The number of benzene rings is 4. The van der Waals surface area contributed by atoms with E-state index in [9.17, 15) is 5.11 Å². The zero-order valence-corrected chi connectivity index (χ0v) is 25.9. The van der Waals surface area contributed by atoms with Crippen molar-refractivity contribution in [2.24, 2.45) is 0 Å². The third-order valence-electron chi connectivity index (χ3n) is 6.87. The summed E-state index contributed by atoms with van der Waals surface area (Å²) in [6, 6.07) is 46.1. The monoisotopic (exact) mass is 618 g/mol. The molecule has 4 aromatic carbocycles. The minimum absolute atomic E-state index is 0.116. The van der Waals surface area contributed by atoms with E-state index in [1.54, 1.807) is 48.9 Å². The number of aliphatic hydroxyl groups is 1. The lowest BCUT2D eigenvalue weighted by Gasteiger charge is -2.17. The molecule has 6 aromatic rings. The molecule has 6 nitrogen and oxygen atoms in total. The summed E-state index contributed by atoms with van der Waals surface area (Å²) in [6.45, 7) is 2.00. The van der Waals surface area contributed by atoms with Gasteiger partial charge in [0.2, 0.25) is 0 Å². The third-order valence-corrected chi connectivity index (χ3v) is 6.87. The fraction of sp³-hybridized carbons (Fsp3) is 0.200. The molecule has 0 aliphatic carbocycles. The Morgan fingerprint density at radius 1 is 0.543 bits per heavy atom. The quantitative estimate of drug-likeness (QED) is 0.177. The first kappa shape index (κ1) is 33.8. The number of hydrogen-bond donors (Lipinski definition) is 2. The lowest BCUT2D eigenvalue weighted by atomic mass is 10.1. The van der Waals surface area contributed by atoms with Gasteiger partial charge in [0.25, 0.3) is 0 Å². The van der Waals surface area contributed by atoms with Crippen molar-refractivity contribution in [3.8, 4) is 11.5 Å². The molecule has 2 N–H and O–H groups in total. The summed E-state index contributed by atoms with van der Waals surface area (Å²) in [6.07, 6.45) is 6.52. The number of aromatic hydroxyl groups is 1. The highest BCUT2D eigenvalue weighted by Crippen LogP contribution is 2.26. The molecule has 2 unspecified atom stereocenters. The lowest BCUT2D eigenvalue weighted by Crippen LogP contribution is -2.10. The first-order valence-electron chi connectivity index (χ1n) is 15.5. The molecule has 238 valence electrons. The second-order valence-corrected chi connectivity index (χ2v) is 10.5. The van der Waals surface area contributed by atoms with Crippen LogP contribution in [0.5, 0.6) is 11.5 Å². The molecular formula is C40H42O6. The van der Waals surface area contributed by atoms with Gasteiger partial charge in [-0.2, -0.15) is 0 Å². The first-order chi connectivity index (χ1) is 22.7. The number of rotatable bonds is 8. The minimum Gasteiger partial charge on any atom is -0.508 e. The van der Waals surface area contributed by atoms with Gasteiger partial charge < -0.3 is 28.5 Å². The Kier molecular flexibility index (Phi) is 14.8. The van der Waals surface area contributed by atoms with Crippen LogP contribution in [0, 0.1) is 0 Å². The molecule has 3 heterocycles. The molecule has 1 saturated heterocycles. The fourth-order valence-corrected chi connectivity index (χ4v) is 4.52. The maximum absolute atomic E-state index is 9.77. The Bertz CT molecular complexity index is 1490. The van der Waals surface area contributed by atoms with Crippen LogP contribution in [0.4, 0.5) is 0 Å². The molecule has 1 aliphatic heterocycles. The van der Waals surface area contributed by atoms with E-state index in [1.807, 2.05) is 97.1 Å². The minimum atomic E-state index is -0.549. The standard InChI is InChI=1S/C18H16O2.C12H12O2.C6H6O.C4H8O/c1-3-8-15(9-4-1)14-18(17-12-7-13-19-17)20-16-10-5-2-6-11-16;13-11(12-7-4-8-14-12)9-10-5-2-1-3-6-10;7-6-4-2-1-3-5-6;1-2-4-5-3-1/h1-13,18H,14H2;1-8,11,13H,9H2;1-5,7H;1-4H2. The van der Waals surface area contributed by atoms with Gasteiger partial charge in [-0.05, 0) is 72.5 Å². The van der Waals surface area contributed by atoms with Crippen molar-refractivity contribution < 1.29 is 28.5 Å². The van der Waals surface area contributed by atoms with E-state index >= 15 is 0 Å². The van der Waals surface area contributed by atoms with E-state index in [0.29, 0.717) is 17.9 Å². The molecule has 7 rings (SSSR count). The Balaban J connectivity index is 0.000000158. The molecule has 0 bridgehead atoms. The SMILES string of the molecule is C1CCOC1.OC(Cc1ccccc1)c1ccco1.Oc1ccccc1.c1ccc(CC(Oc2ccccc2)c2ccco2)cc1. The second-order valence-electron chi connectivity index (χ2n) is 10.5. The summed E-state index contributed by atoms with van der Waals surface area (Å²) in [5.41, 5.74) is 2.33.